The van der Waals surface area contributed by atoms with Crippen LogP contribution in [0, 0.1) is 5.82 Å². The van der Waals surface area contributed by atoms with Crippen LogP contribution in [0.25, 0.3) is 0 Å². The van der Waals surface area contributed by atoms with E-state index < -0.39 is 18.2 Å². The highest BCUT2D eigenvalue weighted by Gasteiger charge is 2.19. The summed E-state index contributed by atoms with van der Waals surface area (Å²) in [5.74, 6) is -1.13. The number of halogens is 4. The third-order valence-electron chi connectivity index (χ3n) is 3.37. The Balaban J connectivity index is 1.80. The molecule has 2 aromatic carbocycles. The number of nitrogen functional groups attached to an aromatic ring is 1. The second kappa shape index (κ2) is 7.85. The lowest BCUT2D eigenvalue weighted by atomic mass is 10.1. The molecule has 3 aromatic rings. The fourth-order valence-corrected chi connectivity index (χ4v) is 3.19. The Bertz CT molecular complexity index is 980. The second-order valence-corrected chi connectivity index (χ2v) is 6.65. The molecule has 3 rings (SSSR count). The smallest absolute Gasteiger partial charge is 0.387 e. The van der Waals surface area contributed by atoms with Crippen LogP contribution in [0.1, 0.15) is 15.2 Å². The van der Waals surface area contributed by atoms with Crippen LogP contribution in [-0.2, 0) is 0 Å². The largest absolute Gasteiger partial charge is 0.435 e. The predicted molar refractivity (Wildman–Crippen MR) is 97.7 cm³/mol. The summed E-state index contributed by atoms with van der Waals surface area (Å²) in [4.78, 5) is 16.7. The molecule has 0 saturated heterocycles. The van der Waals surface area contributed by atoms with Gasteiger partial charge in [-0.05, 0) is 42.5 Å². The van der Waals surface area contributed by atoms with Gasteiger partial charge in [-0.15, -0.1) is 0 Å². The SMILES string of the molecule is Nc1nc(Nc2ccc(Cl)cc2F)sc1C(=O)c1ccc(OC(F)F)cc1. The second-order valence-electron chi connectivity index (χ2n) is 5.21. The molecule has 0 unspecified atom stereocenters. The average molecular weight is 414 g/mol. The number of ketones is 1. The fraction of sp³-hybridized carbons (Fsp3) is 0.0588. The van der Waals surface area contributed by atoms with Crippen molar-refractivity contribution in [3.63, 3.8) is 0 Å². The molecule has 0 atom stereocenters. The number of alkyl halides is 2. The van der Waals surface area contributed by atoms with Gasteiger partial charge in [0.25, 0.3) is 0 Å². The molecule has 0 aliphatic rings. The van der Waals surface area contributed by atoms with Gasteiger partial charge >= 0.3 is 6.61 Å². The quantitative estimate of drug-likeness (QED) is 0.550. The highest BCUT2D eigenvalue weighted by Crippen LogP contribution is 2.31. The molecule has 140 valence electrons. The van der Waals surface area contributed by atoms with Crippen molar-refractivity contribution in [3.05, 3.63) is 63.7 Å². The maximum Gasteiger partial charge on any atom is 0.387 e. The van der Waals surface area contributed by atoms with E-state index in [0.717, 1.165) is 17.4 Å². The molecule has 0 bridgehead atoms. The number of nitrogens with zero attached hydrogens (tertiary/aromatic N) is 1. The molecule has 10 heteroatoms. The lowest BCUT2D eigenvalue weighted by Crippen LogP contribution is -2.04. The molecule has 1 aromatic heterocycles. The number of ether oxygens (including phenoxy) is 1. The summed E-state index contributed by atoms with van der Waals surface area (Å²) in [7, 11) is 0. The van der Waals surface area contributed by atoms with E-state index in [9.17, 15) is 18.0 Å². The maximum absolute atomic E-state index is 13.9. The number of benzene rings is 2. The molecular formula is C17H11ClF3N3O2S. The molecule has 0 fully saturated rings. The minimum Gasteiger partial charge on any atom is -0.435 e. The molecule has 27 heavy (non-hydrogen) atoms. The molecule has 0 saturated carbocycles. The van der Waals surface area contributed by atoms with E-state index in [0.29, 0.717) is 0 Å². The van der Waals surface area contributed by atoms with Crippen LogP contribution in [0.3, 0.4) is 0 Å². The first kappa shape index (κ1) is 19.0. The van der Waals surface area contributed by atoms with Crippen LogP contribution in [0.4, 0.5) is 29.8 Å². The first-order valence-corrected chi connectivity index (χ1v) is 8.61. The van der Waals surface area contributed by atoms with Gasteiger partial charge in [0.05, 0.1) is 5.69 Å². The molecule has 1 heterocycles. The average Bonchev–Trinajstić information content (AvgIpc) is 2.97. The van der Waals surface area contributed by atoms with E-state index in [2.05, 4.69) is 15.0 Å². The zero-order chi connectivity index (χ0) is 19.6. The Morgan fingerprint density at radius 3 is 2.56 bits per heavy atom. The van der Waals surface area contributed by atoms with Crippen LogP contribution < -0.4 is 15.8 Å². The maximum atomic E-state index is 13.9. The molecular weight excluding hydrogens is 403 g/mol. The number of carbonyl (C=O) groups is 1. The normalized spacial score (nSPS) is 10.9. The van der Waals surface area contributed by atoms with Crippen molar-refractivity contribution in [1.29, 1.82) is 0 Å². The fourth-order valence-electron chi connectivity index (χ4n) is 2.17. The number of nitrogens with one attached hydrogen (secondary N) is 1. The van der Waals surface area contributed by atoms with Gasteiger partial charge in [0, 0.05) is 10.6 Å². The zero-order valence-electron chi connectivity index (χ0n) is 13.4. The number of thiazole rings is 1. The van der Waals surface area contributed by atoms with Crippen molar-refractivity contribution in [1.82, 2.24) is 4.98 Å². The number of carbonyl (C=O) groups excluding carboxylic acids is 1. The minimum absolute atomic E-state index is 0.0326. The summed E-state index contributed by atoms with van der Waals surface area (Å²) < 4.78 is 42.4. The van der Waals surface area contributed by atoms with E-state index in [1.54, 1.807) is 0 Å². The van der Waals surface area contributed by atoms with E-state index in [-0.39, 0.29) is 37.8 Å². The summed E-state index contributed by atoms with van der Waals surface area (Å²) in [6.07, 6.45) is 0. The van der Waals surface area contributed by atoms with E-state index in [4.69, 9.17) is 17.3 Å². The first-order chi connectivity index (χ1) is 12.8. The van der Waals surface area contributed by atoms with Crippen molar-refractivity contribution >= 4 is 45.4 Å². The Kier molecular flexibility index (Phi) is 5.52. The lowest BCUT2D eigenvalue weighted by molar-refractivity contribution is -0.0498. The van der Waals surface area contributed by atoms with Gasteiger partial charge < -0.3 is 15.8 Å². The zero-order valence-corrected chi connectivity index (χ0v) is 15.0. The molecule has 0 radical (unpaired) electrons. The van der Waals surface area contributed by atoms with Crippen molar-refractivity contribution in [2.45, 2.75) is 6.61 Å². The van der Waals surface area contributed by atoms with Gasteiger partial charge in [0.15, 0.2) is 5.13 Å². The molecule has 3 N–H and O–H groups in total. The molecule has 0 aliphatic carbocycles. The number of anilines is 3. The molecule has 5 nitrogen and oxygen atoms in total. The van der Waals surface area contributed by atoms with Crippen molar-refractivity contribution in [2.24, 2.45) is 0 Å². The number of hydrogen-bond acceptors (Lipinski definition) is 6. The number of nitrogens with two attached hydrogens (primary N) is 1. The minimum atomic E-state index is -2.95. The standard InChI is InChI=1S/C17H11ClF3N3O2S/c18-9-3-6-12(11(19)7-9)23-17-24-15(22)14(27-17)13(25)8-1-4-10(5-2-8)26-16(20)21/h1-7,16H,22H2,(H,23,24). The number of hydrogen-bond donors (Lipinski definition) is 2. The van der Waals surface area contributed by atoms with Crippen molar-refractivity contribution in [3.8, 4) is 5.75 Å². The van der Waals surface area contributed by atoms with Gasteiger partial charge in [0.1, 0.15) is 22.3 Å². The van der Waals surface area contributed by atoms with E-state index in [1.807, 2.05) is 0 Å². The monoisotopic (exact) mass is 413 g/mol. The number of rotatable bonds is 6. The van der Waals surface area contributed by atoms with Crippen molar-refractivity contribution < 1.29 is 22.7 Å². The predicted octanol–water partition coefficient (Wildman–Crippen LogP) is 5.09. The van der Waals surface area contributed by atoms with Crippen LogP contribution in [-0.4, -0.2) is 17.4 Å². The van der Waals surface area contributed by atoms with E-state index >= 15 is 0 Å². The lowest BCUT2D eigenvalue weighted by Gasteiger charge is -2.05. The third kappa shape index (κ3) is 4.50. The van der Waals surface area contributed by atoms with Gasteiger partial charge in [-0.3, -0.25) is 4.79 Å². The van der Waals surface area contributed by atoms with Crippen LogP contribution in [0.15, 0.2) is 42.5 Å². The molecule has 0 amide bonds. The highest BCUT2D eigenvalue weighted by atomic mass is 35.5. The summed E-state index contributed by atoms with van der Waals surface area (Å²) in [6.45, 7) is -2.95. The topological polar surface area (TPSA) is 77.2 Å². The van der Waals surface area contributed by atoms with E-state index in [1.165, 1.54) is 36.4 Å². The summed E-state index contributed by atoms with van der Waals surface area (Å²) in [5, 5.41) is 3.20. The van der Waals surface area contributed by atoms with Crippen LogP contribution in [0.2, 0.25) is 5.02 Å². The molecule has 0 spiro atoms. The summed E-state index contributed by atoms with van der Waals surface area (Å²) >= 11 is 6.64. The van der Waals surface area contributed by atoms with Gasteiger partial charge in [-0.25, -0.2) is 9.37 Å². The Morgan fingerprint density at radius 2 is 1.93 bits per heavy atom. The summed E-state index contributed by atoms with van der Waals surface area (Å²) in [6, 6.07) is 9.24. The first-order valence-electron chi connectivity index (χ1n) is 7.41. The Labute approximate surface area is 160 Å². The highest BCUT2D eigenvalue weighted by molar-refractivity contribution is 7.18. The third-order valence-corrected chi connectivity index (χ3v) is 4.59. The van der Waals surface area contributed by atoms with Gasteiger partial charge in [0.2, 0.25) is 5.78 Å². The van der Waals surface area contributed by atoms with Crippen LogP contribution in [0.5, 0.6) is 5.75 Å². The molecule has 0 aliphatic heterocycles. The van der Waals surface area contributed by atoms with Gasteiger partial charge in [-0.2, -0.15) is 8.78 Å². The van der Waals surface area contributed by atoms with Gasteiger partial charge in [-0.1, -0.05) is 22.9 Å². The van der Waals surface area contributed by atoms with Crippen molar-refractivity contribution in [2.75, 3.05) is 11.1 Å². The Hall–Kier alpha value is -2.78. The number of aromatic nitrogens is 1. The van der Waals surface area contributed by atoms with Crippen LogP contribution >= 0.6 is 22.9 Å². The summed E-state index contributed by atoms with van der Waals surface area (Å²) in [5.41, 5.74) is 6.14. The Morgan fingerprint density at radius 1 is 1.22 bits per heavy atom.